The molecule has 0 spiro atoms. The third-order valence-corrected chi connectivity index (χ3v) is 7.36. The smallest absolute Gasteiger partial charge is 0.0724 e. The number of aromatic nitrogens is 1. The van der Waals surface area contributed by atoms with E-state index in [1.165, 1.54) is 0 Å². The number of benzene rings is 5. The van der Waals surface area contributed by atoms with Crippen molar-refractivity contribution in [3.63, 3.8) is 0 Å². The summed E-state index contributed by atoms with van der Waals surface area (Å²) in [5, 5.41) is 18.1. The summed E-state index contributed by atoms with van der Waals surface area (Å²) in [5.41, 5.74) is 8.43. The predicted molar refractivity (Wildman–Crippen MR) is 163 cm³/mol. The van der Waals surface area contributed by atoms with Gasteiger partial charge in [-0.2, -0.15) is 0 Å². The Morgan fingerprint density at radius 2 is 1.26 bits per heavy atom. The minimum absolute atomic E-state index is 0.488. The molecule has 2 heterocycles. The predicted octanol–water partition coefficient (Wildman–Crippen LogP) is 8.43. The van der Waals surface area contributed by atoms with Crippen molar-refractivity contribution >= 4 is 50.3 Å². The minimum atomic E-state index is 0.488. The van der Waals surface area contributed by atoms with Gasteiger partial charge in [-0.25, -0.2) is 0 Å². The minimum Gasteiger partial charge on any atom is -0.354 e. The third kappa shape index (κ3) is 4.01. The molecule has 0 saturated heterocycles. The van der Waals surface area contributed by atoms with Gasteiger partial charge in [0.2, 0.25) is 0 Å². The van der Waals surface area contributed by atoms with Crippen molar-refractivity contribution in [2.45, 2.75) is 0 Å². The van der Waals surface area contributed by atoms with Crippen molar-refractivity contribution in [3.05, 3.63) is 162 Å². The molecule has 1 aliphatic rings. The molecule has 1 aliphatic heterocycles. The van der Waals surface area contributed by atoms with Crippen LogP contribution in [0, 0.1) is 5.41 Å². The maximum absolute atomic E-state index is 9.91. The number of nitrogens with zero attached hydrogens (tertiary/aromatic N) is 1. The number of nitrogens with one attached hydrogen (secondary N) is 2. The average Bonchev–Trinajstić information content (AvgIpc) is 3.00. The summed E-state index contributed by atoms with van der Waals surface area (Å²) in [6.07, 6.45) is 5.79. The molecule has 1 aromatic heterocycles. The van der Waals surface area contributed by atoms with Crippen LogP contribution in [0.25, 0.3) is 44.6 Å². The van der Waals surface area contributed by atoms with Gasteiger partial charge in [0, 0.05) is 40.4 Å². The zero-order chi connectivity index (χ0) is 26.2. The molecule has 0 unspecified atom stereocenters. The maximum Gasteiger partial charge on any atom is 0.0724 e. The van der Waals surface area contributed by atoms with Crippen LogP contribution in [0.1, 0.15) is 27.8 Å². The van der Waals surface area contributed by atoms with Gasteiger partial charge in [0.1, 0.15) is 0 Å². The molecule has 0 atom stereocenters. The molecule has 7 rings (SSSR count). The largest absolute Gasteiger partial charge is 0.354 e. The van der Waals surface area contributed by atoms with Crippen molar-refractivity contribution < 1.29 is 0 Å². The molecule has 6 aromatic rings. The number of allylic oxidation sites excluding steroid dienone is 1. The van der Waals surface area contributed by atoms with E-state index in [1.54, 1.807) is 0 Å². The first-order chi connectivity index (χ1) is 19.3. The summed E-state index contributed by atoms with van der Waals surface area (Å²) in [5.74, 6) is 0. The van der Waals surface area contributed by atoms with Gasteiger partial charge in [0.05, 0.1) is 11.4 Å². The Hall–Kier alpha value is -5.28. The van der Waals surface area contributed by atoms with E-state index >= 15 is 0 Å². The van der Waals surface area contributed by atoms with Crippen LogP contribution in [0.15, 0.2) is 134 Å². The fourth-order valence-electron chi connectivity index (χ4n) is 5.55. The molecule has 3 nitrogen and oxygen atoms in total. The summed E-state index contributed by atoms with van der Waals surface area (Å²) in [4.78, 5) is 4.21. The average molecular weight is 500 g/mol. The molecule has 184 valence electrons. The molecule has 5 aromatic carbocycles. The Balaban J connectivity index is 1.55. The monoisotopic (exact) mass is 499 g/mol. The van der Waals surface area contributed by atoms with Crippen LogP contribution in [-0.2, 0) is 0 Å². The summed E-state index contributed by atoms with van der Waals surface area (Å²) in [6.45, 7) is 0. The summed E-state index contributed by atoms with van der Waals surface area (Å²) in [6, 6.07) is 41.7. The first-order valence-electron chi connectivity index (χ1n) is 13.1. The molecule has 3 heteroatoms. The quantitative estimate of drug-likeness (QED) is 0.189. The lowest BCUT2D eigenvalue weighted by Crippen LogP contribution is -2.20. The van der Waals surface area contributed by atoms with Crippen LogP contribution in [0.3, 0.4) is 0 Å². The number of fused-ring (bicyclic) bond motifs is 3. The van der Waals surface area contributed by atoms with E-state index in [-0.39, 0.29) is 0 Å². The Morgan fingerprint density at radius 1 is 0.641 bits per heavy atom. The van der Waals surface area contributed by atoms with E-state index in [1.807, 2.05) is 42.7 Å². The number of hydrogen-bond acceptors (Lipinski definition) is 3. The van der Waals surface area contributed by atoms with Gasteiger partial charge in [-0.3, -0.25) is 10.4 Å². The van der Waals surface area contributed by atoms with Gasteiger partial charge in [-0.1, -0.05) is 103 Å². The highest BCUT2D eigenvalue weighted by Crippen LogP contribution is 2.38. The zero-order valence-corrected chi connectivity index (χ0v) is 21.2. The van der Waals surface area contributed by atoms with Gasteiger partial charge in [-0.15, -0.1) is 0 Å². The number of pyridine rings is 1. The highest BCUT2D eigenvalue weighted by molar-refractivity contribution is 6.41. The Bertz CT molecular complexity index is 1880. The molecule has 0 amide bonds. The highest BCUT2D eigenvalue weighted by atomic mass is 14.9. The Kier molecular flexibility index (Phi) is 5.60. The van der Waals surface area contributed by atoms with E-state index in [0.717, 1.165) is 66.3 Å². The normalized spacial score (nSPS) is 13.9. The fourth-order valence-corrected chi connectivity index (χ4v) is 5.55. The molecule has 2 N–H and O–H groups in total. The topological polar surface area (TPSA) is 48.8 Å². The molecule has 0 aliphatic carbocycles. The van der Waals surface area contributed by atoms with Crippen LogP contribution >= 0.6 is 0 Å². The van der Waals surface area contributed by atoms with E-state index in [4.69, 9.17) is 0 Å². The Labute approximate surface area is 227 Å². The van der Waals surface area contributed by atoms with Crippen molar-refractivity contribution in [2.24, 2.45) is 0 Å². The lowest BCUT2D eigenvalue weighted by molar-refractivity contribution is 1.21. The number of hydrogen-bond donors (Lipinski definition) is 2. The summed E-state index contributed by atoms with van der Waals surface area (Å²) >= 11 is 0. The van der Waals surface area contributed by atoms with Gasteiger partial charge in [0.25, 0.3) is 0 Å². The zero-order valence-electron chi connectivity index (χ0n) is 21.2. The number of rotatable bonds is 4. The van der Waals surface area contributed by atoms with E-state index in [0.29, 0.717) is 5.71 Å². The van der Waals surface area contributed by atoms with Crippen molar-refractivity contribution in [1.82, 2.24) is 10.3 Å². The summed E-state index contributed by atoms with van der Waals surface area (Å²) in [7, 11) is 0. The first kappa shape index (κ1) is 22.9. The van der Waals surface area contributed by atoms with Crippen LogP contribution in [0.4, 0.5) is 0 Å². The van der Waals surface area contributed by atoms with Gasteiger partial charge >= 0.3 is 0 Å². The first-order valence-corrected chi connectivity index (χ1v) is 13.1. The second-order valence-corrected chi connectivity index (χ2v) is 9.69. The highest BCUT2D eigenvalue weighted by Gasteiger charge is 2.25. The molecule has 39 heavy (non-hydrogen) atoms. The van der Waals surface area contributed by atoms with Crippen LogP contribution in [0.5, 0.6) is 0 Å². The lowest BCUT2D eigenvalue weighted by Gasteiger charge is -2.26. The molecule has 0 saturated carbocycles. The van der Waals surface area contributed by atoms with E-state index < -0.39 is 0 Å². The summed E-state index contributed by atoms with van der Waals surface area (Å²) < 4.78 is 0. The third-order valence-electron chi connectivity index (χ3n) is 7.36. The molecule has 0 bridgehead atoms. The van der Waals surface area contributed by atoms with Crippen LogP contribution in [-0.4, -0.2) is 10.7 Å². The van der Waals surface area contributed by atoms with Crippen molar-refractivity contribution in [3.8, 4) is 0 Å². The second-order valence-electron chi connectivity index (χ2n) is 9.69. The van der Waals surface area contributed by atoms with E-state index in [9.17, 15) is 5.41 Å². The maximum atomic E-state index is 9.91. The molecule has 0 radical (unpaired) electrons. The van der Waals surface area contributed by atoms with E-state index in [2.05, 4.69) is 107 Å². The standard InChI is InChI=1S/C36H25N3/c37-35(34-29-15-7-4-12-26(29)22-27-13-5-8-16-30(27)34)33(25-10-2-1-3-11-25)36-31-17-9-6-14-28(31)23-32(39-36)24-18-20-38-21-19-24/h1-23,37,39H/b36-33-,37-35?. The van der Waals surface area contributed by atoms with Crippen molar-refractivity contribution in [2.75, 3.05) is 0 Å². The van der Waals surface area contributed by atoms with Crippen molar-refractivity contribution in [1.29, 1.82) is 5.41 Å². The van der Waals surface area contributed by atoms with Gasteiger partial charge < -0.3 is 5.32 Å². The van der Waals surface area contributed by atoms with Crippen LogP contribution < -0.4 is 5.32 Å². The second kappa shape index (κ2) is 9.55. The van der Waals surface area contributed by atoms with Crippen LogP contribution in [0.2, 0.25) is 0 Å². The van der Waals surface area contributed by atoms with Gasteiger partial charge in [0.15, 0.2) is 0 Å². The fraction of sp³-hybridized carbons (Fsp3) is 0. The Morgan fingerprint density at radius 3 is 1.97 bits per heavy atom. The van der Waals surface area contributed by atoms with Gasteiger partial charge in [-0.05, 0) is 56.9 Å². The SMILES string of the molecule is N=C(/C(=C1\NC(c2ccncc2)=Cc2ccccc21)c1ccccc1)c1c2ccccc2cc2ccccc12. The lowest BCUT2D eigenvalue weighted by atomic mass is 9.85. The molecular formula is C36H25N3. The molecule has 0 fully saturated rings. The molecular weight excluding hydrogens is 474 g/mol.